The lowest BCUT2D eigenvalue weighted by Crippen LogP contribution is -2.23. The fourth-order valence-electron chi connectivity index (χ4n) is 3.49. The molecule has 32 heavy (non-hydrogen) atoms. The van der Waals surface area contributed by atoms with Gasteiger partial charge in [-0.15, -0.1) is 10.2 Å². The highest BCUT2D eigenvalue weighted by molar-refractivity contribution is 7.99. The van der Waals surface area contributed by atoms with E-state index in [1.54, 1.807) is 11.8 Å². The Bertz CT molecular complexity index is 1320. The number of pyridine rings is 1. The number of benzene rings is 2. The summed E-state index contributed by atoms with van der Waals surface area (Å²) in [6, 6.07) is 20.3. The Balaban J connectivity index is 1.67. The van der Waals surface area contributed by atoms with Crippen molar-refractivity contribution in [1.82, 2.24) is 24.5 Å². The van der Waals surface area contributed by atoms with Crippen molar-refractivity contribution in [1.29, 1.82) is 0 Å². The van der Waals surface area contributed by atoms with Crippen molar-refractivity contribution < 1.29 is 8.42 Å². The highest BCUT2D eigenvalue weighted by Gasteiger charge is 2.17. The number of rotatable bonds is 9. The van der Waals surface area contributed by atoms with Gasteiger partial charge >= 0.3 is 0 Å². The van der Waals surface area contributed by atoms with Crippen molar-refractivity contribution in [3.05, 3.63) is 60.7 Å². The van der Waals surface area contributed by atoms with Crippen LogP contribution >= 0.6 is 11.8 Å². The molecule has 0 unspecified atom stereocenters. The molecule has 0 aliphatic heterocycles. The highest BCUT2D eigenvalue weighted by Crippen LogP contribution is 2.33. The first-order chi connectivity index (χ1) is 15.5. The number of fused-ring (bicyclic) bond motifs is 1. The van der Waals surface area contributed by atoms with E-state index in [1.807, 2.05) is 36.4 Å². The average molecular weight is 468 g/mol. The SMILES string of the molecule is CCn1c(SCCCNS(C)(=O)=O)nnc1-c1cc(-c2ccccc2)nc2ccccc12. The van der Waals surface area contributed by atoms with E-state index < -0.39 is 10.0 Å². The molecule has 0 saturated carbocycles. The number of nitrogens with one attached hydrogen (secondary N) is 1. The van der Waals surface area contributed by atoms with Crippen LogP contribution in [0, 0.1) is 0 Å². The summed E-state index contributed by atoms with van der Waals surface area (Å²) in [6.45, 7) is 3.21. The Morgan fingerprint density at radius 2 is 1.78 bits per heavy atom. The molecule has 0 fully saturated rings. The van der Waals surface area contributed by atoms with Crippen molar-refractivity contribution in [3.8, 4) is 22.6 Å². The molecule has 0 aliphatic rings. The Labute approximate surface area is 192 Å². The minimum absolute atomic E-state index is 0.411. The van der Waals surface area contributed by atoms with E-state index in [-0.39, 0.29) is 0 Å². The second-order valence-electron chi connectivity index (χ2n) is 7.36. The molecule has 0 bridgehead atoms. The third-order valence-electron chi connectivity index (χ3n) is 4.98. The average Bonchev–Trinajstić information content (AvgIpc) is 3.20. The molecule has 4 aromatic rings. The van der Waals surface area contributed by atoms with E-state index in [0.717, 1.165) is 51.0 Å². The maximum absolute atomic E-state index is 11.2. The van der Waals surface area contributed by atoms with Gasteiger partial charge in [0, 0.05) is 35.4 Å². The van der Waals surface area contributed by atoms with Gasteiger partial charge in [-0.25, -0.2) is 18.1 Å². The van der Waals surface area contributed by atoms with Gasteiger partial charge in [-0.3, -0.25) is 0 Å². The van der Waals surface area contributed by atoms with Crippen LogP contribution in [0.3, 0.4) is 0 Å². The predicted octanol–water partition coefficient (Wildman–Crippen LogP) is 4.21. The van der Waals surface area contributed by atoms with Crippen molar-refractivity contribution in [3.63, 3.8) is 0 Å². The van der Waals surface area contributed by atoms with Gasteiger partial charge in [0.2, 0.25) is 10.0 Å². The lowest BCUT2D eigenvalue weighted by Gasteiger charge is -2.12. The molecular weight excluding hydrogens is 442 g/mol. The fourth-order valence-corrected chi connectivity index (χ4v) is 4.95. The lowest BCUT2D eigenvalue weighted by atomic mass is 10.0. The zero-order chi connectivity index (χ0) is 22.6. The summed E-state index contributed by atoms with van der Waals surface area (Å²) in [5.41, 5.74) is 3.85. The van der Waals surface area contributed by atoms with Crippen LogP contribution in [0.2, 0.25) is 0 Å². The number of nitrogens with zero attached hydrogens (tertiary/aromatic N) is 4. The van der Waals surface area contributed by atoms with E-state index in [4.69, 9.17) is 4.98 Å². The van der Waals surface area contributed by atoms with E-state index in [2.05, 4.69) is 50.7 Å². The summed E-state index contributed by atoms with van der Waals surface area (Å²) < 4.78 is 27.0. The van der Waals surface area contributed by atoms with Crippen molar-refractivity contribution >= 4 is 32.7 Å². The molecule has 0 saturated heterocycles. The highest BCUT2D eigenvalue weighted by atomic mass is 32.2. The van der Waals surface area contributed by atoms with Crippen molar-refractivity contribution in [2.45, 2.75) is 25.0 Å². The minimum atomic E-state index is -3.16. The minimum Gasteiger partial charge on any atom is -0.302 e. The lowest BCUT2D eigenvalue weighted by molar-refractivity contribution is 0.587. The number of hydrogen-bond acceptors (Lipinski definition) is 6. The van der Waals surface area contributed by atoms with E-state index in [1.165, 1.54) is 6.26 Å². The normalized spacial score (nSPS) is 11.8. The van der Waals surface area contributed by atoms with Gasteiger partial charge in [0.15, 0.2) is 11.0 Å². The quantitative estimate of drug-likeness (QED) is 0.293. The van der Waals surface area contributed by atoms with Crippen molar-refractivity contribution in [2.75, 3.05) is 18.6 Å². The van der Waals surface area contributed by atoms with Crippen LogP contribution in [0.15, 0.2) is 65.8 Å². The molecule has 0 amide bonds. The van der Waals surface area contributed by atoms with Crippen molar-refractivity contribution in [2.24, 2.45) is 0 Å². The number of aromatic nitrogens is 4. The van der Waals surface area contributed by atoms with E-state index in [9.17, 15) is 8.42 Å². The first kappa shape index (κ1) is 22.4. The molecule has 7 nitrogen and oxygen atoms in total. The van der Waals surface area contributed by atoms with E-state index >= 15 is 0 Å². The third-order valence-corrected chi connectivity index (χ3v) is 6.76. The van der Waals surface area contributed by atoms with Gasteiger partial charge in [-0.1, -0.05) is 60.3 Å². The van der Waals surface area contributed by atoms with Crippen LogP contribution in [-0.4, -0.2) is 46.7 Å². The third kappa shape index (κ3) is 5.17. The van der Waals surface area contributed by atoms with Crippen LogP contribution in [0.25, 0.3) is 33.5 Å². The molecule has 2 heterocycles. The van der Waals surface area contributed by atoms with Crippen LogP contribution in [0.5, 0.6) is 0 Å². The van der Waals surface area contributed by atoms with Gasteiger partial charge in [0.05, 0.1) is 17.5 Å². The topological polar surface area (TPSA) is 89.8 Å². The summed E-state index contributed by atoms with van der Waals surface area (Å²) in [4.78, 5) is 4.87. The molecule has 0 radical (unpaired) electrons. The van der Waals surface area contributed by atoms with Gasteiger partial charge in [0.25, 0.3) is 0 Å². The fraction of sp³-hybridized carbons (Fsp3) is 0.261. The van der Waals surface area contributed by atoms with Crippen LogP contribution < -0.4 is 4.72 Å². The Kier molecular flexibility index (Phi) is 6.88. The zero-order valence-electron chi connectivity index (χ0n) is 18.0. The van der Waals surface area contributed by atoms with Crippen LogP contribution in [-0.2, 0) is 16.6 Å². The van der Waals surface area contributed by atoms with Gasteiger partial charge < -0.3 is 4.57 Å². The molecule has 1 N–H and O–H groups in total. The largest absolute Gasteiger partial charge is 0.302 e. The second-order valence-corrected chi connectivity index (χ2v) is 10.3. The maximum Gasteiger partial charge on any atom is 0.208 e. The molecule has 9 heteroatoms. The molecule has 4 rings (SSSR count). The summed E-state index contributed by atoms with van der Waals surface area (Å²) >= 11 is 1.58. The molecular formula is C23H25N5O2S2. The standard InChI is InChI=1S/C23H25N5O2S2/c1-3-28-22(26-27-23(28)31-15-9-14-24-32(2,29)30)19-16-21(17-10-5-4-6-11-17)25-20-13-8-7-12-18(19)20/h4-8,10-13,16,24H,3,9,14-15H2,1-2H3. The number of para-hydroxylation sites is 1. The molecule has 0 spiro atoms. The first-order valence-corrected chi connectivity index (χ1v) is 13.3. The Hall–Kier alpha value is -2.75. The second kappa shape index (κ2) is 9.81. The predicted molar refractivity (Wildman–Crippen MR) is 130 cm³/mol. The van der Waals surface area contributed by atoms with Gasteiger partial charge in [-0.05, 0) is 25.5 Å². The maximum atomic E-state index is 11.2. The summed E-state index contributed by atoms with van der Waals surface area (Å²) in [5, 5.41) is 10.8. The zero-order valence-corrected chi connectivity index (χ0v) is 19.7. The Morgan fingerprint density at radius 3 is 2.53 bits per heavy atom. The summed E-state index contributed by atoms with van der Waals surface area (Å²) in [5.74, 6) is 1.55. The molecule has 2 aromatic heterocycles. The number of hydrogen-bond donors (Lipinski definition) is 1. The smallest absolute Gasteiger partial charge is 0.208 e. The van der Waals surface area contributed by atoms with Crippen LogP contribution in [0.4, 0.5) is 0 Å². The Morgan fingerprint density at radius 1 is 1.03 bits per heavy atom. The summed E-state index contributed by atoms with van der Waals surface area (Å²) in [7, 11) is -3.16. The van der Waals surface area contributed by atoms with Gasteiger partial charge in [-0.2, -0.15) is 0 Å². The molecule has 166 valence electrons. The van der Waals surface area contributed by atoms with E-state index in [0.29, 0.717) is 13.0 Å². The molecule has 0 atom stereocenters. The number of thioether (sulfide) groups is 1. The summed E-state index contributed by atoms with van der Waals surface area (Å²) in [6.07, 6.45) is 1.88. The number of sulfonamides is 1. The molecule has 2 aromatic carbocycles. The monoisotopic (exact) mass is 467 g/mol. The first-order valence-electron chi connectivity index (χ1n) is 10.4. The van der Waals surface area contributed by atoms with Crippen LogP contribution in [0.1, 0.15) is 13.3 Å². The van der Waals surface area contributed by atoms with Gasteiger partial charge in [0.1, 0.15) is 0 Å². The molecule has 0 aliphatic carbocycles.